The van der Waals surface area contributed by atoms with Gasteiger partial charge in [0, 0.05) is 5.03 Å². The van der Waals surface area contributed by atoms with Crippen molar-refractivity contribution in [3.63, 3.8) is 0 Å². The van der Waals surface area contributed by atoms with E-state index < -0.39 is 0 Å². The van der Waals surface area contributed by atoms with Gasteiger partial charge in [-0.1, -0.05) is 30.3 Å². The summed E-state index contributed by atoms with van der Waals surface area (Å²) in [6.45, 7) is 5.40. The van der Waals surface area contributed by atoms with Crippen LogP contribution in [0.2, 0.25) is 0 Å². The fraction of sp³-hybridized carbons (Fsp3) is 0.143. The maximum Gasteiger partial charge on any atom is 0.0402 e. The highest BCUT2D eigenvalue weighted by Gasteiger charge is 1.75. The SMILES string of the molecule is C=C/C=C(Cl)\C=C/C. The van der Waals surface area contributed by atoms with Crippen molar-refractivity contribution in [2.24, 2.45) is 0 Å². The molecule has 0 rings (SSSR count). The molecule has 0 aliphatic heterocycles. The average molecular weight is 129 g/mol. The quantitative estimate of drug-likeness (QED) is 0.502. The van der Waals surface area contributed by atoms with E-state index in [4.69, 9.17) is 11.6 Å². The van der Waals surface area contributed by atoms with Crippen molar-refractivity contribution in [2.75, 3.05) is 0 Å². The summed E-state index contributed by atoms with van der Waals surface area (Å²) in [6.07, 6.45) is 7.08. The van der Waals surface area contributed by atoms with Gasteiger partial charge in [0.05, 0.1) is 0 Å². The van der Waals surface area contributed by atoms with Crippen LogP contribution in [0.4, 0.5) is 0 Å². The van der Waals surface area contributed by atoms with Crippen LogP contribution in [0.3, 0.4) is 0 Å². The van der Waals surface area contributed by atoms with Crippen LogP contribution in [0.1, 0.15) is 6.92 Å². The summed E-state index contributed by atoms with van der Waals surface area (Å²) >= 11 is 5.58. The molecule has 0 aliphatic carbocycles. The lowest BCUT2D eigenvalue weighted by Gasteiger charge is -1.79. The van der Waals surface area contributed by atoms with Crippen LogP contribution in [-0.2, 0) is 0 Å². The van der Waals surface area contributed by atoms with Crippen molar-refractivity contribution in [1.82, 2.24) is 0 Å². The van der Waals surface area contributed by atoms with Gasteiger partial charge in [-0.15, -0.1) is 0 Å². The normalized spacial score (nSPS) is 12.5. The summed E-state index contributed by atoms with van der Waals surface area (Å²) in [5, 5.41) is 0.711. The molecular weight excluding hydrogens is 120 g/mol. The number of hydrogen-bond donors (Lipinski definition) is 0. The maximum atomic E-state index is 5.58. The third kappa shape index (κ3) is 3.69. The molecule has 0 heterocycles. The highest BCUT2D eigenvalue weighted by atomic mass is 35.5. The highest BCUT2D eigenvalue weighted by molar-refractivity contribution is 6.31. The summed E-state index contributed by atoms with van der Waals surface area (Å²) in [5.41, 5.74) is 0. The topological polar surface area (TPSA) is 0 Å². The van der Waals surface area contributed by atoms with Gasteiger partial charge in [0.2, 0.25) is 0 Å². The lowest BCUT2D eigenvalue weighted by molar-refractivity contribution is 1.71. The summed E-state index contributed by atoms with van der Waals surface area (Å²) < 4.78 is 0. The zero-order chi connectivity index (χ0) is 6.41. The Morgan fingerprint density at radius 1 is 1.62 bits per heavy atom. The first-order valence-corrected chi connectivity index (χ1v) is 2.80. The zero-order valence-electron chi connectivity index (χ0n) is 4.89. The van der Waals surface area contributed by atoms with Gasteiger partial charge in [-0.05, 0) is 19.1 Å². The predicted octanol–water partition coefficient (Wildman–Crippen LogP) is 2.87. The van der Waals surface area contributed by atoms with Crippen LogP contribution in [0.25, 0.3) is 0 Å². The standard InChI is InChI=1S/C7H9Cl/c1-3-5-7(8)6-4-2/h3-6H,1H2,2H3/b6-4-,7-5+. The third-order valence-corrected chi connectivity index (χ3v) is 0.855. The Morgan fingerprint density at radius 3 is 2.62 bits per heavy atom. The summed E-state index contributed by atoms with van der Waals surface area (Å²) in [7, 11) is 0. The molecule has 1 heteroatoms. The first-order valence-electron chi connectivity index (χ1n) is 2.42. The molecule has 44 valence electrons. The lowest BCUT2D eigenvalue weighted by Crippen LogP contribution is -1.56. The van der Waals surface area contributed by atoms with E-state index in [9.17, 15) is 0 Å². The fourth-order valence-electron chi connectivity index (χ4n) is 0.327. The number of halogens is 1. The molecule has 0 aliphatic rings. The van der Waals surface area contributed by atoms with Crippen LogP contribution >= 0.6 is 11.6 Å². The second-order valence-corrected chi connectivity index (χ2v) is 1.72. The molecule has 0 aromatic heterocycles. The average Bonchev–Trinajstić information content (AvgIpc) is 1.68. The van der Waals surface area contributed by atoms with Gasteiger partial charge in [-0.3, -0.25) is 0 Å². The zero-order valence-corrected chi connectivity index (χ0v) is 5.65. The minimum Gasteiger partial charge on any atom is -0.0990 e. The van der Waals surface area contributed by atoms with E-state index >= 15 is 0 Å². The Bertz CT molecular complexity index is 120. The summed E-state index contributed by atoms with van der Waals surface area (Å²) in [6, 6.07) is 0. The van der Waals surface area contributed by atoms with E-state index in [1.54, 1.807) is 12.2 Å². The molecule has 0 bridgehead atoms. The Balaban J connectivity index is 3.79. The Morgan fingerprint density at radius 2 is 2.25 bits per heavy atom. The molecule has 0 aromatic carbocycles. The second kappa shape index (κ2) is 4.66. The largest absolute Gasteiger partial charge is 0.0990 e. The highest BCUT2D eigenvalue weighted by Crippen LogP contribution is 2.01. The minimum absolute atomic E-state index is 0.711. The van der Waals surface area contributed by atoms with Gasteiger partial charge >= 0.3 is 0 Å². The Kier molecular flexibility index (Phi) is 4.38. The van der Waals surface area contributed by atoms with E-state index in [-0.39, 0.29) is 0 Å². The first-order chi connectivity index (χ1) is 3.81. The van der Waals surface area contributed by atoms with Gasteiger partial charge in [0.25, 0.3) is 0 Å². The molecule has 0 amide bonds. The molecule has 0 saturated carbocycles. The van der Waals surface area contributed by atoms with Gasteiger partial charge < -0.3 is 0 Å². The molecule has 0 atom stereocenters. The van der Waals surface area contributed by atoms with Crippen molar-refractivity contribution in [3.8, 4) is 0 Å². The molecule has 0 unspecified atom stereocenters. The monoisotopic (exact) mass is 128 g/mol. The molecule has 0 saturated heterocycles. The molecule has 8 heavy (non-hydrogen) atoms. The smallest absolute Gasteiger partial charge is 0.0402 e. The first kappa shape index (κ1) is 7.51. The third-order valence-electron chi connectivity index (χ3n) is 0.603. The van der Waals surface area contributed by atoms with E-state index in [1.807, 2.05) is 19.1 Å². The van der Waals surface area contributed by atoms with E-state index in [0.29, 0.717) is 5.03 Å². The number of rotatable bonds is 2. The van der Waals surface area contributed by atoms with Crippen molar-refractivity contribution >= 4 is 11.6 Å². The van der Waals surface area contributed by atoms with Crippen LogP contribution < -0.4 is 0 Å². The Hall–Kier alpha value is -0.490. The molecular formula is C7H9Cl. The number of allylic oxidation sites excluding steroid dienone is 5. The molecule has 0 aromatic rings. The van der Waals surface area contributed by atoms with E-state index in [0.717, 1.165) is 0 Å². The van der Waals surface area contributed by atoms with Gasteiger partial charge in [-0.25, -0.2) is 0 Å². The van der Waals surface area contributed by atoms with Crippen molar-refractivity contribution in [1.29, 1.82) is 0 Å². The number of hydrogen-bond acceptors (Lipinski definition) is 0. The van der Waals surface area contributed by atoms with Crippen molar-refractivity contribution in [2.45, 2.75) is 6.92 Å². The fourth-order valence-corrected chi connectivity index (χ4v) is 0.542. The molecule has 0 spiro atoms. The van der Waals surface area contributed by atoms with E-state index in [2.05, 4.69) is 6.58 Å². The van der Waals surface area contributed by atoms with Gasteiger partial charge in [0.1, 0.15) is 0 Å². The molecule has 0 N–H and O–H groups in total. The van der Waals surface area contributed by atoms with Crippen LogP contribution in [-0.4, -0.2) is 0 Å². The van der Waals surface area contributed by atoms with Gasteiger partial charge in [0.15, 0.2) is 0 Å². The minimum atomic E-state index is 0.711. The van der Waals surface area contributed by atoms with Crippen LogP contribution in [0, 0.1) is 0 Å². The lowest BCUT2D eigenvalue weighted by atomic mass is 10.4. The molecule has 0 radical (unpaired) electrons. The molecule has 0 fully saturated rings. The second-order valence-electron chi connectivity index (χ2n) is 1.29. The van der Waals surface area contributed by atoms with E-state index in [1.165, 1.54) is 0 Å². The predicted molar refractivity (Wildman–Crippen MR) is 38.9 cm³/mol. The van der Waals surface area contributed by atoms with Gasteiger partial charge in [-0.2, -0.15) is 0 Å². The van der Waals surface area contributed by atoms with Crippen LogP contribution in [0.5, 0.6) is 0 Å². The molecule has 0 nitrogen and oxygen atoms in total. The summed E-state index contributed by atoms with van der Waals surface area (Å²) in [5.74, 6) is 0. The van der Waals surface area contributed by atoms with Crippen molar-refractivity contribution < 1.29 is 0 Å². The van der Waals surface area contributed by atoms with Crippen LogP contribution in [0.15, 0.2) is 35.9 Å². The Labute approximate surface area is 55.2 Å². The maximum absolute atomic E-state index is 5.58. The van der Waals surface area contributed by atoms with Crippen molar-refractivity contribution in [3.05, 3.63) is 35.9 Å². The summed E-state index contributed by atoms with van der Waals surface area (Å²) in [4.78, 5) is 0.